The van der Waals surface area contributed by atoms with Crippen LogP contribution in [0.4, 0.5) is 0 Å². The Morgan fingerprint density at radius 1 is 0.794 bits per heavy atom. The molecule has 0 heterocycles. The molecule has 3 rings (SSSR count). The van der Waals surface area contributed by atoms with Crippen molar-refractivity contribution in [3.8, 4) is 22.6 Å². The van der Waals surface area contributed by atoms with Crippen LogP contribution in [0.25, 0.3) is 11.1 Å². The first-order valence-corrected chi connectivity index (χ1v) is 12.4. The van der Waals surface area contributed by atoms with Gasteiger partial charge >= 0.3 is 5.97 Å². The highest BCUT2D eigenvalue weighted by molar-refractivity contribution is 6.30. The molecule has 180 valence electrons. The summed E-state index contributed by atoms with van der Waals surface area (Å²) in [6.45, 7) is 3.23. The third-order valence-electron chi connectivity index (χ3n) is 5.70. The highest BCUT2D eigenvalue weighted by Gasteiger charge is 2.07. The van der Waals surface area contributed by atoms with E-state index in [2.05, 4.69) is 6.07 Å². The Morgan fingerprint density at radius 3 is 2.12 bits per heavy atom. The van der Waals surface area contributed by atoms with Gasteiger partial charge in [-0.1, -0.05) is 60.8 Å². The SMILES string of the molecule is CCOc1cc(OCCCCCCc2ccccc2CCC(=O)O)cc(-c2ccc(Cl)cc2)c1. The van der Waals surface area contributed by atoms with Crippen LogP contribution in [0.5, 0.6) is 11.5 Å². The number of benzene rings is 3. The summed E-state index contributed by atoms with van der Waals surface area (Å²) in [5.41, 5.74) is 4.53. The summed E-state index contributed by atoms with van der Waals surface area (Å²) in [6, 6.07) is 21.9. The van der Waals surface area contributed by atoms with E-state index < -0.39 is 5.97 Å². The number of carbonyl (C=O) groups is 1. The van der Waals surface area contributed by atoms with Gasteiger partial charge in [0.2, 0.25) is 0 Å². The molecule has 0 aromatic heterocycles. The number of hydrogen-bond donors (Lipinski definition) is 1. The van der Waals surface area contributed by atoms with Gasteiger partial charge in [0.05, 0.1) is 13.2 Å². The summed E-state index contributed by atoms with van der Waals surface area (Å²) in [4.78, 5) is 10.9. The second kappa shape index (κ2) is 13.7. The van der Waals surface area contributed by atoms with Crippen molar-refractivity contribution in [1.29, 1.82) is 0 Å². The summed E-state index contributed by atoms with van der Waals surface area (Å²) < 4.78 is 11.8. The zero-order chi connectivity index (χ0) is 24.2. The summed E-state index contributed by atoms with van der Waals surface area (Å²) in [5, 5.41) is 9.66. The lowest BCUT2D eigenvalue weighted by atomic mass is 9.98. The first-order valence-electron chi connectivity index (χ1n) is 12.0. The molecular formula is C29H33ClO4. The molecule has 0 amide bonds. The molecule has 3 aromatic rings. The van der Waals surface area contributed by atoms with Crippen LogP contribution in [0.2, 0.25) is 5.02 Å². The smallest absolute Gasteiger partial charge is 0.303 e. The summed E-state index contributed by atoms with van der Waals surface area (Å²) in [7, 11) is 0. The van der Waals surface area contributed by atoms with Crippen LogP contribution in [0, 0.1) is 0 Å². The minimum absolute atomic E-state index is 0.179. The van der Waals surface area contributed by atoms with Crippen LogP contribution < -0.4 is 9.47 Å². The Labute approximate surface area is 207 Å². The van der Waals surface area contributed by atoms with E-state index in [1.165, 1.54) is 5.56 Å². The highest BCUT2D eigenvalue weighted by atomic mass is 35.5. The molecule has 0 spiro atoms. The third kappa shape index (κ3) is 8.42. The molecule has 0 bridgehead atoms. The number of unbranched alkanes of at least 4 members (excludes halogenated alkanes) is 3. The fraction of sp³-hybridized carbons (Fsp3) is 0.345. The van der Waals surface area contributed by atoms with E-state index in [9.17, 15) is 4.79 Å². The number of carboxylic acids is 1. The molecule has 0 aliphatic rings. The van der Waals surface area contributed by atoms with Gasteiger partial charge in [-0.05, 0) is 79.1 Å². The molecule has 0 radical (unpaired) electrons. The Hall–Kier alpha value is -2.98. The van der Waals surface area contributed by atoms with Crippen molar-refractivity contribution >= 4 is 17.6 Å². The number of ether oxygens (including phenoxy) is 2. The lowest BCUT2D eigenvalue weighted by Gasteiger charge is -2.12. The minimum atomic E-state index is -0.748. The third-order valence-corrected chi connectivity index (χ3v) is 5.96. The molecule has 1 N–H and O–H groups in total. The van der Waals surface area contributed by atoms with Gasteiger partial charge in [0.1, 0.15) is 11.5 Å². The van der Waals surface area contributed by atoms with E-state index in [0.29, 0.717) is 24.7 Å². The average Bonchev–Trinajstić information content (AvgIpc) is 2.83. The Morgan fingerprint density at radius 2 is 1.44 bits per heavy atom. The van der Waals surface area contributed by atoms with Gasteiger partial charge in [-0.25, -0.2) is 0 Å². The minimum Gasteiger partial charge on any atom is -0.494 e. The maximum atomic E-state index is 10.9. The molecule has 0 aliphatic carbocycles. The maximum absolute atomic E-state index is 10.9. The van der Waals surface area contributed by atoms with Gasteiger partial charge in [-0.15, -0.1) is 0 Å². The predicted molar refractivity (Wildman–Crippen MR) is 138 cm³/mol. The van der Waals surface area contributed by atoms with Crippen molar-refractivity contribution in [2.45, 2.75) is 51.9 Å². The number of halogens is 1. The molecule has 3 aromatic carbocycles. The fourth-order valence-corrected chi connectivity index (χ4v) is 4.09. The molecule has 0 saturated carbocycles. The topological polar surface area (TPSA) is 55.8 Å². The van der Waals surface area contributed by atoms with Crippen molar-refractivity contribution in [1.82, 2.24) is 0 Å². The van der Waals surface area contributed by atoms with Gasteiger partial charge in [-0.3, -0.25) is 4.79 Å². The van der Waals surface area contributed by atoms with Gasteiger partial charge in [0, 0.05) is 17.5 Å². The van der Waals surface area contributed by atoms with Crippen molar-refractivity contribution in [3.05, 3.63) is 82.9 Å². The number of hydrogen-bond acceptors (Lipinski definition) is 3. The first kappa shape index (κ1) is 25.6. The van der Waals surface area contributed by atoms with Crippen LogP contribution in [0.15, 0.2) is 66.7 Å². The molecule has 0 aliphatic heterocycles. The van der Waals surface area contributed by atoms with Crippen LogP contribution in [-0.2, 0) is 17.6 Å². The average molecular weight is 481 g/mol. The number of rotatable bonds is 14. The van der Waals surface area contributed by atoms with Crippen molar-refractivity contribution in [3.63, 3.8) is 0 Å². The molecule has 34 heavy (non-hydrogen) atoms. The lowest BCUT2D eigenvalue weighted by molar-refractivity contribution is -0.136. The van der Waals surface area contributed by atoms with Crippen molar-refractivity contribution in [2.24, 2.45) is 0 Å². The normalized spacial score (nSPS) is 10.8. The van der Waals surface area contributed by atoms with Crippen molar-refractivity contribution < 1.29 is 19.4 Å². The first-order chi connectivity index (χ1) is 16.5. The van der Waals surface area contributed by atoms with Gasteiger partial charge in [-0.2, -0.15) is 0 Å². The Balaban J connectivity index is 1.45. The van der Waals surface area contributed by atoms with E-state index in [4.69, 9.17) is 26.2 Å². The van der Waals surface area contributed by atoms with E-state index >= 15 is 0 Å². The van der Waals surface area contributed by atoms with Crippen LogP contribution in [0.1, 0.15) is 50.2 Å². The quantitative estimate of drug-likeness (QED) is 0.241. The summed E-state index contributed by atoms with van der Waals surface area (Å²) in [6.07, 6.45) is 6.03. The zero-order valence-corrected chi connectivity index (χ0v) is 20.5. The Bertz CT molecular complexity index is 1050. The standard InChI is InChI=1S/C29H33ClO4/c1-2-33-27-19-25(24-12-15-26(30)16-13-24)20-28(21-27)34-18-8-4-3-5-9-22-10-6-7-11-23(22)14-17-29(31)32/h6-7,10-13,15-16,19-21H,2-5,8-9,14,17-18H2,1H3,(H,31,32). The molecule has 4 nitrogen and oxygen atoms in total. The summed E-state index contributed by atoms with van der Waals surface area (Å²) in [5.74, 6) is 0.858. The van der Waals surface area contributed by atoms with E-state index in [1.54, 1.807) is 0 Å². The Kier molecular flexibility index (Phi) is 10.3. The zero-order valence-electron chi connectivity index (χ0n) is 19.8. The van der Waals surface area contributed by atoms with Crippen LogP contribution in [-0.4, -0.2) is 24.3 Å². The number of carboxylic acid groups (broad SMARTS) is 1. The molecule has 0 unspecified atom stereocenters. The molecular weight excluding hydrogens is 448 g/mol. The van der Waals surface area contributed by atoms with E-state index in [0.717, 1.165) is 60.3 Å². The molecule has 0 fully saturated rings. The number of aliphatic carboxylic acids is 1. The maximum Gasteiger partial charge on any atom is 0.303 e. The summed E-state index contributed by atoms with van der Waals surface area (Å²) >= 11 is 6.03. The van der Waals surface area contributed by atoms with Crippen LogP contribution >= 0.6 is 11.6 Å². The molecule has 0 saturated heterocycles. The highest BCUT2D eigenvalue weighted by Crippen LogP contribution is 2.31. The molecule has 0 atom stereocenters. The van der Waals surface area contributed by atoms with E-state index in [1.807, 2.05) is 67.6 Å². The lowest BCUT2D eigenvalue weighted by Crippen LogP contribution is -2.01. The van der Waals surface area contributed by atoms with Crippen molar-refractivity contribution in [2.75, 3.05) is 13.2 Å². The molecule has 5 heteroatoms. The van der Waals surface area contributed by atoms with Gasteiger partial charge < -0.3 is 14.6 Å². The monoisotopic (exact) mass is 480 g/mol. The van der Waals surface area contributed by atoms with Crippen LogP contribution in [0.3, 0.4) is 0 Å². The second-order valence-corrected chi connectivity index (χ2v) is 8.74. The largest absolute Gasteiger partial charge is 0.494 e. The predicted octanol–water partition coefficient (Wildman–Crippen LogP) is 7.60. The van der Waals surface area contributed by atoms with E-state index in [-0.39, 0.29) is 6.42 Å². The van der Waals surface area contributed by atoms with Gasteiger partial charge in [0.25, 0.3) is 0 Å². The fourth-order valence-electron chi connectivity index (χ4n) is 3.96. The number of aryl methyl sites for hydroxylation is 2. The second-order valence-electron chi connectivity index (χ2n) is 8.31. The van der Waals surface area contributed by atoms with Gasteiger partial charge in [0.15, 0.2) is 0 Å².